The van der Waals surface area contributed by atoms with Crippen LogP contribution in [0.1, 0.15) is 26.3 Å². The number of rotatable bonds is 5. The highest BCUT2D eigenvalue weighted by atomic mass is 35.5. The maximum Gasteiger partial charge on any atom is 0.262 e. The molecule has 0 aliphatic carbocycles. The summed E-state index contributed by atoms with van der Waals surface area (Å²) in [6, 6.07) is 20.7. The van der Waals surface area contributed by atoms with Crippen LogP contribution in [0.5, 0.6) is 23.0 Å². The summed E-state index contributed by atoms with van der Waals surface area (Å²) in [4.78, 5) is 30.8. The molecule has 292 valence electrons. The molecule has 2 aromatic heterocycles. The summed E-state index contributed by atoms with van der Waals surface area (Å²) in [7, 11) is 0. The van der Waals surface area contributed by atoms with E-state index in [0.717, 1.165) is 58.5 Å². The van der Waals surface area contributed by atoms with E-state index >= 15 is 0 Å². The van der Waals surface area contributed by atoms with Crippen molar-refractivity contribution in [3.05, 3.63) is 142 Å². The van der Waals surface area contributed by atoms with E-state index in [1.165, 1.54) is 18.3 Å². The molecule has 0 atom stereocenters. The quantitative estimate of drug-likeness (QED) is 0.129. The van der Waals surface area contributed by atoms with Gasteiger partial charge in [-0.3, -0.25) is 9.59 Å². The third-order valence-electron chi connectivity index (χ3n) is 8.28. The minimum absolute atomic E-state index is 0.144. The number of hydrogen-bond acceptors (Lipinski definition) is 9. The predicted octanol–water partition coefficient (Wildman–Crippen LogP) is 9.46. The Kier molecular flexibility index (Phi) is 12.8. The van der Waals surface area contributed by atoms with Crippen LogP contribution in [0.15, 0.2) is 97.3 Å². The van der Waals surface area contributed by atoms with Crippen molar-refractivity contribution in [3.63, 3.8) is 0 Å². The summed E-state index contributed by atoms with van der Waals surface area (Å²) in [5.74, 6) is -1.28. The zero-order valence-corrected chi connectivity index (χ0v) is 31.3. The van der Waals surface area contributed by atoms with E-state index in [4.69, 9.17) is 47.9 Å². The van der Waals surface area contributed by atoms with Gasteiger partial charge in [0.2, 0.25) is 0 Å². The van der Waals surface area contributed by atoms with Gasteiger partial charge in [0.15, 0.2) is 23.0 Å². The third kappa shape index (κ3) is 9.72. The molecule has 8 rings (SSSR count). The number of carbonyl (C=O) groups is 2. The van der Waals surface area contributed by atoms with Crippen molar-refractivity contribution in [2.45, 2.75) is 6.92 Å². The van der Waals surface area contributed by atoms with E-state index < -0.39 is 45.5 Å². The number of ether oxygens (including phenoxy) is 4. The Morgan fingerprint density at radius 2 is 1.12 bits per heavy atom. The molecule has 0 radical (unpaired) electrons. The first-order valence-corrected chi connectivity index (χ1v) is 17.7. The van der Waals surface area contributed by atoms with Crippen molar-refractivity contribution in [1.29, 1.82) is 0 Å². The number of halogens is 6. The van der Waals surface area contributed by atoms with Crippen LogP contribution in [0.3, 0.4) is 0 Å². The number of hydrogen-bond donors (Lipinski definition) is 2. The average molecular weight is 822 g/mol. The summed E-state index contributed by atoms with van der Waals surface area (Å²) in [5.41, 5.74) is 8.84. The highest BCUT2D eigenvalue weighted by Crippen LogP contribution is 2.40. The van der Waals surface area contributed by atoms with Crippen LogP contribution >= 0.6 is 23.2 Å². The molecule has 4 heterocycles. The largest absolute Gasteiger partial charge is 0.486 e. The van der Waals surface area contributed by atoms with E-state index in [0.29, 0.717) is 59.9 Å². The average Bonchev–Trinajstić information content (AvgIpc) is 3.18. The second-order valence-electron chi connectivity index (χ2n) is 12.1. The number of nitrogens with one attached hydrogen (secondary N) is 1. The number of aromatic nitrogens is 2. The van der Waals surface area contributed by atoms with E-state index in [2.05, 4.69) is 15.3 Å². The monoisotopic (exact) mass is 820 g/mol. The maximum absolute atomic E-state index is 13.7. The molecule has 10 nitrogen and oxygen atoms in total. The number of anilines is 2. The zero-order valence-electron chi connectivity index (χ0n) is 29.8. The molecule has 0 spiro atoms. The van der Waals surface area contributed by atoms with Crippen molar-refractivity contribution < 1.29 is 46.1 Å². The summed E-state index contributed by atoms with van der Waals surface area (Å²) in [6.07, 6.45) is 3.26. The van der Waals surface area contributed by atoms with Crippen molar-refractivity contribution in [2.24, 2.45) is 0 Å². The Morgan fingerprint density at radius 1 is 0.649 bits per heavy atom. The number of fused-ring (bicyclic) bond motifs is 2. The first-order chi connectivity index (χ1) is 27.4. The molecule has 0 saturated carbocycles. The van der Waals surface area contributed by atoms with E-state index in [-0.39, 0.29) is 5.82 Å². The van der Waals surface area contributed by atoms with Gasteiger partial charge in [0.1, 0.15) is 72.5 Å². The van der Waals surface area contributed by atoms with Crippen molar-refractivity contribution in [1.82, 2.24) is 9.97 Å². The minimum atomic E-state index is -1.12. The molecule has 0 unspecified atom stereocenters. The summed E-state index contributed by atoms with van der Waals surface area (Å²) >= 11 is 11.2. The van der Waals surface area contributed by atoms with Crippen LogP contribution in [0.25, 0.3) is 22.3 Å². The van der Waals surface area contributed by atoms with Crippen LogP contribution in [0.2, 0.25) is 5.02 Å². The highest BCUT2D eigenvalue weighted by molar-refractivity contribution is 6.67. The fourth-order valence-corrected chi connectivity index (χ4v) is 6.00. The fourth-order valence-electron chi connectivity index (χ4n) is 5.56. The van der Waals surface area contributed by atoms with Gasteiger partial charge in [-0.15, -0.1) is 0 Å². The lowest BCUT2D eigenvalue weighted by atomic mass is 10.0. The Balaban J connectivity index is 0.000000161. The van der Waals surface area contributed by atoms with Gasteiger partial charge in [-0.2, -0.15) is 0 Å². The third-order valence-corrected chi connectivity index (χ3v) is 8.79. The molecule has 3 N–H and O–H groups in total. The molecule has 2 aliphatic heterocycles. The molecule has 57 heavy (non-hydrogen) atoms. The molecule has 0 fully saturated rings. The van der Waals surface area contributed by atoms with E-state index in [1.54, 1.807) is 30.5 Å². The van der Waals surface area contributed by atoms with Gasteiger partial charge in [-0.05, 0) is 96.4 Å². The van der Waals surface area contributed by atoms with E-state index in [1.807, 2.05) is 25.1 Å². The van der Waals surface area contributed by atoms with Gasteiger partial charge in [0.25, 0.3) is 11.1 Å². The maximum atomic E-state index is 13.7. The topological polar surface area (TPSA) is 135 Å². The predicted molar refractivity (Wildman–Crippen MR) is 206 cm³/mol. The van der Waals surface area contributed by atoms with Gasteiger partial charge in [0.05, 0.1) is 5.02 Å². The Bertz CT molecular complexity index is 2400. The molecule has 16 heteroatoms. The summed E-state index contributed by atoms with van der Waals surface area (Å²) in [6.45, 7) is 4.15. The van der Waals surface area contributed by atoms with Crippen LogP contribution in [0, 0.1) is 30.2 Å². The number of nitrogens with two attached hydrogens (primary N) is 1. The van der Waals surface area contributed by atoms with Crippen LogP contribution in [-0.4, -0.2) is 47.5 Å². The van der Waals surface area contributed by atoms with Crippen LogP contribution in [0.4, 0.5) is 29.2 Å². The Hall–Kier alpha value is -6.38. The highest BCUT2D eigenvalue weighted by Gasteiger charge is 2.20. The standard InChI is InChI=1S/C20H13ClF2N2O3.C14H14N2O2.C7H3ClF2O/c21-13-9-17-16(27-6-7-28-17)8-12(13)11-4-5-18(24-10-11)25-20(26)19-14(22)2-1-3-15(19)23;1-9-6-12-13(18-5-4-17-12)7-11(9)10-2-3-14(15)16-8-10;8-7(11)6-4(9)2-1-3-5(6)10/h1-5,8-10H,6-7H2,(H,24,25,26);2-3,6-8H,4-5H2,1H3,(H2,15,16);1-3H. The van der Waals surface area contributed by atoms with Crippen molar-refractivity contribution in [2.75, 3.05) is 37.5 Å². The first kappa shape index (κ1) is 40.3. The van der Waals surface area contributed by atoms with Gasteiger partial charge in [-0.1, -0.05) is 23.7 Å². The van der Waals surface area contributed by atoms with Crippen LogP contribution in [-0.2, 0) is 0 Å². The van der Waals surface area contributed by atoms with Gasteiger partial charge in [0, 0.05) is 35.2 Å². The second-order valence-corrected chi connectivity index (χ2v) is 12.9. The van der Waals surface area contributed by atoms with Gasteiger partial charge >= 0.3 is 0 Å². The Labute approximate surface area is 333 Å². The molecule has 4 aromatic carbocycles. The number of amides is 1. The lowest BCUT2D eigenvalue weighted by Crippen LogP contribution is -2.16. The van der Waals surface area contributed by atoms with Crippen LogP contribution < -0.4 is 30.0 Å². The molecule has 2 aliphatic rings. The van der Waals surface area contributed by atoms with Crippen molar-refractivity contribution in [3.8, 4) is 45.3 Å². The zero-order chi connectivity index (χ0) is 40.6. The first-order valence-electron chi connectivity index (χ1n) is 17.0. The van der Waals surface area contributed by atoms with Crippen molar-refractivity contribution >= 4 is 46.0 Å². The summed E-state index contributed by atoms with van der Waals surface area (Å²) < 4.78 is 74.7. The normalized spacial score (nSPS) is 12.3. The Morgan fingerprint density at radius 3 is 1.61 bits per heavy atom. The number of aryl methyl sites for hydroxylation is 1. The smallest absolute Gasteiger partial charge is 0.262 e. The molecular weight excluding hydrogens is 791 g/mol. The number of pyridine rings is 2. The number of carbonyl (C=O) groups excluding carboxylic acids is 2. The molecule has 1 amide bonds. The summed E-state index contributed by atoms with van der Waals surface area (Å²) in [5, 5.41) is 1.71. The number of nitrogen functional groups attached to an aromatic ring is 1. The molecule has 6 aromatic rings. The minimum Gasteiger partial charge on any atom is -0.486 e. The second kappa shape index (κ2) is 18.0. The lowest BCUT2D eigenvalue weighted by molar-refractivity contribution is 0.101. The number of benzene rings is 4. The van der Waals surface area contributed by atoms with Gasteiger partial charge < -0.3 is 30.0 Å². The van der Waals surface area contributed by atoms with E-state index in [9.17, 15) is 27.2 Å². The fraction of sp³-hybridized carbons (Fsp3) is 0.122. The SMILES string of the molecule is Cc1cc2c(cc1-c1ccc(N)nc1)OCCO2.O=C(Cl)c1c(F)cccc1F.O=C(Nc1ccc(-c2cc3c(cc2Cl)OCCO3)cn1)c1c(F)cccc1F. The molecule has 0 saturated heterocycles. The molecular formula is C41H30Cl2F4N4O6. The van der Waals surface area contributed by atoms with Gasteiger partial charge in [-0.25, -0.2) is 27.5 Å². The lowest BCUT2D eigenvalue weighted by Gasteiger charge is -2.20. The number of nitrogens with zero attached hydrogens (tertiary/aromatic N) is 2. The molecule has 0 bridgehead atoms.